The first kappa shape index (κ1) is 21.6. The average Bonchev–Trinajstić information content (AvgIpc) is 3.19. The monoisotopic (exact) mass is 450 g/mol. The van der Waals surface area contributed by atoms with Crippen molar-refractivity contribution in [1.82, 2.24) is 15.0 Å². The van der Waals surface area contributed by atoms with Crippen LogP contribution in [0.2, 0.25) is 0 Å². The molecule has 4 rings (SSSR count). The quantitative estimate of drug-likeness (QED) is 0.413. The zero-order valence-electron chi connectivity index (χ0n) is 17.4. The van der Waals surface area contributed by atoms with Crippen LogP contribution < -0.4 is 16.0 Å². The Morgan fingerprint density at radius 3 is 2.62 bits per heavy atom. The number of ether oxygens (including phenoxy) is 1. The first-order valence-electron chi connectivity index (χ1n) is 9.95. The molecule has 2 aromatic carbocycles. The van der Waals surface area contributed by atoms with Gasteiger partial charge in [0.1, 0.15) is 0 Å². The molecular formula is C22H22N6O3S. The Balaban J connectivity index is 1.37. The molecule has 1 fully saturated rings. The maximum atomic E-state index is 12.6. The molecule has 1 aliphatic rings. The number of hydrogen-bond acceptors (Lipinski definition) is 9. The third-order valence-corrected chi connectivity index (χ3v) is 5.66. The molecule has 1 atom stereocenters. The lowest BCUT2D eigenvalue weighted by Crippen LogP contribution is -2.26. The molecule has 32 heavy (non-hydrogen) atoms. The van der Waals surface area contributed by atoms with Crippen LogP contribution >= 0.6 is 11.8 Å². The zero-order valence-corrected chi connectivity index (χ0v) is 18.2. The lowest BCUT2D eigenvalue weighted by molar-refractivity contribution is -0.149. The number of nitrogens with one attached hydrogen (secondary N) is 1. The van der Waals surface area contributed by atoms with Crippen LogP contribution in [0.25, 0.3) is 0 Å². The summed E-state index contributed by atoms with van der Waals surface area (Å²) in [7, 11) is 0. The number of carbonyl (C=O) groups is 2. The first-order chi connectivity index (χ1) is 15.5. The number of aromatic nitrogens is 3. The van der Waals surface area contributed by atoms with Crippen LogP contribution in [-0.2, 0) is 20.9 Å². The van der Waals surface area contributed by atoms with Crippen molar-refractivity contribution >= 4 is 46.9 Å². The number of nitrogen functional groups attached to an aromatic ring is 1. The minimum absolute atomic E-state index is 0.0142. The van der Waals surface area contributed by atoms with Crippen molar-refractivity contribution in [3.63, 3.8) is 0 Å². The minimum atomic E-state index is -0.552. The summed E-state index contributed by atoms with van der Waals surface area (Å²) >= 11 is 1.63. The van der Waals surface area contributed by atoms with Crippen molar-refractivity contribution in [2.24, 2.45) is 5.92 Å². The summed E-state index contributed by atoms with van der Waals surface area (Å²) in [6, 6.07) is 17.0. The SMILES string of the molecule is CSc1ccc(N2CC(C(=O)OCc3nc(N)nc(Nc4ccccc4)n3)CC2=O)cc1. The van der Waals surface area contributed by atoms with Crippen molar-refractivity contribution in [3.8, 4) is 0 Å². The average molecular weight is 451 g/mol. The van der Waals surface area contributed by atoms with E-state index >= 15 is 0 Å². The number of thioether (sulfide) groups is 1. The number of anilines is 4. The van der Waals surface area contributed by atoms with E-state index in [1.807, 2.05) is 60.9 Å². The van der Waals surface area contributed by atoms with Gasteiger partial charge in [-0.25, -0.2) is 0 Å². The second-order valence-electron chi connectivity index (χ2n) is 7.14. The van der Waals surface area contributed by atoms with E-state index in [1.54, 1.807) is 16.7 Å². The number of amides is 1. The molecule has 0 saturated carbocycles. The highest BCUT2D eigenvalue weighted by molar-refractivity contribution is 7.98. The van der Waals surface area contributed by atoms with Gasteiger partial charge in [0.15, 0.2) is 12.4 Å². The molecule has 0 radical (unpaired) electrons. The van der Waals surface area contributed by atoms with Gasteiger partial charge in [-0.1, -0.05) is 18.2 Å². The smallest absolute Gasteiger partial charge is 0.311 e. The maximum Gasteiger partial charge on any atom is 0.311 e. The number of rotatable bonds is 7. The highest BCUT2D eigenvalue weighted by Crippen LogP contribution is 2.28. The van der Waals surface area contributed by atoms with Crippen molar-refractivity contribution in [2.45, 2.75) is 17.9 Å². The van der Waals surface area contributed by atoms with Crippen molar-refractivity contribution in [3.05, 3.63) is 60.4 Å². The molecule has 10 heteroatoms. The Kier molecular flexibility index (Phi) is 6.50. The molecule has 0 bridgehead atoms. The predicted molar refractivity (Wildman–Crippen MR) is 122 cm³/mol. The molecule has 3 N–H and O–H groups in total. The van der Waals surface area contributed by atoms with Gasteiger partial charge < -0.3 is 20.7 Å². The van der Waals surface area contributed by atoms with Gasteiger partial charge in [0.25, 0.3) is 0 Å². The summed E-state index contributed by atoms with van der Waals surface area (Å²) in [5.74, 6) is -0.645. The Hall–Kier alpha value is -3.66. The largest absolute Gasteiger partial charge is 0.457 e. The van der Waals surface area contributed by atoms with Gasteiger partial charge in [-0.15, -0.1) is 11.8 Å². The fourth-order valence-corrected chi connectivity index (χ4v) is 3.75. The minimum Gasteiger partial charge on any atom is -0.457 e. The number of benzene rings is 2. The summed E-state index contributed by atoms with van der Waals surface area (Å²) in [5.41, 5.74) is 7.32. The van der Waals surface area contributed by atoms with Crippen molar-refractivity contribution in [2.75, 3.05) is 28.8 Å². The van der Waals surface area contributed by atoms with Crippen molar-refractivity contribution < 1.29 is 14.3 Å². The zero-order chi connectivity index (χ0) is 22.5. The van der Waals surface area contributed by atoms with Crippen LogP contribution in [-0.4, -0.2) is 39.6 Å². The molecule has 9 nitrogen and oxygen atoms in total. The second kappa shape index (κ2) is 9.65. The Bertz CT molecular complexity index is 1110. The number of para-hydroxylation sites is 1. The van der Waals surface area contributed by atoms with Crippen LogP contribution in [0.4, 0.5) is 23.3 Å². The van der Waals surface area contributed by atoms with E-state index in [0.29, 0.717) is 0 Å². The first-order valence-corrected chi connectivity index (χ1v) is 11.2. The number of hydrogen-bond donors (Lipinski definition) is 2. The van der Waals surface area contributed by atoms with Crippen molar-refractivity contribution in [1.29, 1.82) is 0 Å². The molecular weight excluding hydrogens is 428 g/mol. The van der Waals surface area contributed by atoms with Gasteiger partial charge >= 0.3 is 5.97 Å². The number of carbonyl (C=O) groups excluding carboxylic acids is 2. The summed E-state index contributed by atoms with van der Waals surface area (Å²) in [5, 5.41) is 3.03. The molecule has 1 aliphatic heterocycles. The fourth-order valence-electron chi connectivity index (χ4n) is 3.34. The molecule has 0 spiro atoms. The van der Waals surface area contributed by atoms with Crippen LogP contribution in [0.15, 0.2) is 59.5 Å². The summed E-state index contributed by atoms with van der Waals surface area (Å²) < 4.78 is 5.38. The molecule has 2 heterocycles. The van der Waals surface area contributed by atoms with E-state index in [1.165, 1.54) is 0 Å². The van der Waals surface area contributed by atoms with E-state index < -0.39 is 11.9 Å². The van der Waals surface area contributed by atoms with E-state index in [0.717, 1.165) is 16.3 Å². The predicted octanol–water partition coefficient (Wildman–Crippen LogP) is 3.02. The number of nitrogens with two attached hydrogens (primary N) is 1. The van der Waals surface area contributed by atoms with Crippen LogP contribution in [0, 0.1) is 5.92 Å². The summed E-state index contributed by atoms with van der Waals surface area (Å²) in [4.78, 5) is 40.1. The van der Waals surface area contributed by atoms with E-state index in [9.17, 15) is 9.59 Å². The van der Waals surface area contributed by atoms with Crippen LogP contribution in [0.5, 0.6) is 0 Å². The van der Waals surface area contributed by atoms with Crippen LogP contribution in [0.1, 0.15) is 12.2 Å². The fraction of sp³-hybridized carbons (Fsp3) is 0.227. The van der Waals surface area contributed by atoms with E-state index in [4.69, 9.17) is 10.5 Å². The normalized spacial score (nSPS) is 15.6. The molecule has 1 amide bonds. The van der Waals surface area contributed by atoms with Gasteiger partial charge in [-0.2, -0.15) is 15.0 Å². The lowest BCUT2D eigenvalue weighted by Gasteiger charge is -2.16. The number of nitrogens with zero attached hydrogens (tertiary/aromatic N) is 4. The van der Waals surface area contributed by atoms with Gasteiger partial charge in [0, 0.05) is 29.2 Å². The topological polar surface area (TPSA) is 123 Å². The Morgan fingerprint density at radius 2 is 1.91 bits per heavy atom. The van der Waals surface area contributed by atoms with Gasteiger partial charge in [-0.05, 0) is 42.7 Å². The molecule has 1 unspecified atom stereocenters. The van der Waals surface area contributed by atoms with Gasteiger partial charge in [0.2, 0.25) is 17.8 Å². The lowest BCUT2D eigenvalue weighted by atomic mass is 10.1. The Morgan fingerprint density at radius 1 is 1.16 bits per heavy atom. The third kappa shape index (κ3) is 5.14. The molecule has 1 aromatic heterocycles. The van der Waals surface area contributed by atoms with Gasteiger partial charge in [0.05, 0.1) is 5.92 Å². The summed E-state index contributed by atoms with van der Waals surface area (Å²) in [6.45, 7) is 0.110. The molecule has 3 aromatic rings. The van der Waals surface area contributed by atoms with E-state index in [-0.39, 0.29) is 43.2 Å². The standard InChI is InChI=1S/C22H22N6O3S/c1-32-17-9-7-16(8-10-17)28-12-14(11-19(28)29)20(30)31-13-18-25-21(23)27-22(26-18)24-15-5-3-2-4-6-15/h2-10,14H,11-13H2,1H3,(H3,23,24,25,26,27). The molecule has 1 saturated heterocycles. The highest BCUT2D eigenvalue weighted by atomic mass is 32.2. The third-order valence-electron chi connectivity index (χ3n) is 4.91. The maximum absolute atomic E-state index is 12.6. The Labute approximate surface area is 189 Å². The second-order valence-corrected chi connectivity index (χ2v) is 8.02. The number of esters is 1. The summed E-state index contributed by atoms with van der Waals surface area (Å²) in [6.07, 6.45) is 2.09. The van der Waals surface area contributed by atoms with Gasteiger partial charge in [-0.3, -0.25) is 9.59 Å². The van der Waals surface area contributed by atoms with Crippen LogP contribution in [0.3, 0.4) is 0 Å². The van der Waals surface area contributed by atoms with E-state index in [2.05, 4.69) is 20.3 Å². The molecule has 164 valence electrons. The molecule has 0 aliphatic carbocycles. The highest BCUT2D eigenvalue weighted by Gasteiger charge is 2.36.